The number of hydrogen-bond acceptors (Lipinski definition) is 7. The van der Waals surface area contributed by atoms with E-state index in [-0.39, 0.29) is 17.9 Å². The number of amides is 1. The van der Waals surface area contributed by atoms with E-state index in [2.05, 4.69) is 15.5 Å². The van der Waals surface area contributed by atoms with Crippen LogP contribution in [0.5, 0.6) is 0 Å². The lowest BCUT2D eigenvalue weighted by molar-refractivity contribution is -0.386. The van der Waals surface area contributed by atoms with E-state index in [1.54, 1.807) is 6.92 Å². The smallest absolute Gasteiger partial charge is 0.288 e. The Hall–Kier alpha value is -2.62. The Morgan fingerprint density at radius 2 is 2.14 bits per heavy atom. The maximum atomic E-state index is 11.9. The highest BCUT2D eigenvalue weighted by Crippen LogP contribution is 2.16. The third kappa shape index (κ3) is 3.28. The van der Waals surface area contributed by atoms with E-state index >= 15 is 0 Å². The summed E-state index contributed by atoms with van der Waals surface area (Å²) in [4.78, 5) is 33.9. The Morgan fingerprint density at radius 1 is 1.43 bits per heavy atom. The first kappa shape index (κ1) is 14.8. The zero-order valence-corrected chi connectivity index (χ0v) is 12.0. The van der Waals surface area contributed by atoms with Crippen molar-refractivity contribution in [3.63, 3.8) is 0 Å². The summed E-state index contributed by atoms with van der Waals surface area (Å²) in [6, 6.07) is 2.19. The van der Waals surface area contributed by atoms with E-state index < -0.39 is 16.4 Å². The molecule has 2 heterocycles. The van der Waals surface area contributed by atoms with Crippen molar-refractivity contribution in [2.75, 3.05) is 5.32 Å². The molecule has 0 atom stereocenters. The molecule has 0 aromatic carbocycles. The number of nitrogens with zero attached hydrogens (tertiary/aromatic N) is 4. The molecule has 9 nitrogen and oxygen atoms in total. The molecule has 1 amide bonds. The lowest BCUT2D eigenvalue weighted by Gasteiger charge is -2.08. The number of carbonyl (C=O) groups excluding carboxylic acids is 1. The summed E-state index contributed by atoms with van der Waals surface area (Å²) in [7, 11) is 0. The molecule has 0 bridgehead atoms. The van der Waals surface area contributed by atoms with Crippen LogP contribution >= 0.6 is 11.3 Å². The quantitative estimate of drug-likeness (QED) is 0.660. The van der Waals surface area contributed by atoms with Crippen LogP contribution < -0.4 is 10.9 Å². The minimum Gasteiger partial charge on any atom is -0.299 e. The highest BCUT2D eigenvalue weighted by atomic mass is 32.1. The highest BCUT2D eigenvalue weighted by Gasteiger charge is 2.17. The van der Waals surface area contributed by atoms with Gasteiger partial charge in [0.25, 0.3) is 11.2 Å². The normalized spacial score (nSPS) is 10.4. The number of aryl methyl sites for hydroxylation is 1. The fourth-order valence-electron chi connectivity index (χ4n) is 1.70. The summed E-state index contributed by atoms with van der Waals surface area (Å²) >= 11 is 1.19. The second kappa shape index (κ2) is 5.79. The minimum atomic E-state index is -0.600. The van der Waals surface area contributed by atoms with Gasteiger partial charge in [-0.3, -0.25) is 29.6 Å². The number of nitro groups is 1. The molecule has 0 unspecified atom stereocenters. The maximum absolute atomic E-state index is 11.9. The first-order chi connectivity index (χ1) is 9.88. The second-order valence-corrected chi connectivity index (χ2v) is 5.34. The van der Waals surface area contributed by atoms with Gasteiger partial charge in [-0.15, -0.1) is 10.2 Å². The van der Waals surface area contributed by atoms with Crippen molar-refractivity contribution in [1.82, 2.24) is 14.8 Å². The Bertz CT molecular complexity index is 766. The number of hydrogen-bond donors (Lipinski definition) is 1. The number of carbonyl (C=O) groups is 1. The summed E-state index contributed by atoms with van der Waals surface area (Å²) < 4.78 is 1.04. The van der Waals surface area contributed by atoms with E-state index in [0.29, 0.717) is 10.1 Å². The van der Waals surface area contributed by atoms with Gasteiger partial charge in [0.1, 0.15) is 11.6 Å². The predicted molar refractivity (Wildman–Crippen MR) is 75.4 cm³/mol. The standard InChI is InChI=1S/C11H11N5O4S/c1-6-8(16(19)20)3-4-10(18)15(6)5-9(17)12-11-14-13-7(2)21-11/h3-4H,5H2,1-2H3,(H,12,14,17). The van der Waals surface area contributed by atoms with Crippen molar-refractivity contribution in [1.29, 1.82) is 0 Å². The van der Waals surface area contributed by atoms with Gasteiger partial charge >= 0.3 is 0 Å². The Morgan fingerprint density at radius 3 is 2.71 bits per heavy atom. The van der Waals surface area contributed by atoms with Crippen molar-refractivity contribution in [3.8, 4) is 0 Å². The first-order valence-electron chi connectivity index (χ1n) is 5.83. The van der Waals surface area contributed by atoms with Crippen LogP contribution in [0.15, 0.2) is 16.9 Å². The van der Waals surface area contributed by atoms with Gasteiger partial charge in [-0.05, 0) is 13.8 Å². The Labute approximate surface area is 122 Å². The molecular weight excluding hydrogens is 298 g/mol. The number of anilines is 1. The predicted octanol–water partition coefficient (Wildman–Crippen LogP) is 0.864. The lowest BCUT2D eigenvalue weighted by atomic mass is 10.3. The van der Waals surface area contributed by atoms with Gasteiger partial charge in [-0.1, -0.05) is 11.3 Å². The molecule has 2 aromatic heterocycles. The average molecular weight is 309 g/mol. The molecule has 2 aromatic rings. The molecule has 1 N–H and O–H groups in total. The van der Waals surface area contributed by atoms with Crippen LogP contribution in [0.1, 0.15) is 10.7 Å². The van der Waals surface area contributed by atoms with Crippen molar-refractivity contribution in [3.05, 3.63) is 43.3 Å². The number of aromatic nitrogens is 3. The molecule has 0 aliphatic heterocycles. The van der Waals surface area contributed by atoms with Crippen LogP contribution in [0.4, 0.5) is 10.8 Å². The monoisotopic (exact) mass is 309 g/mol. The van der Waals surface area contributed by atoms with Crippen molar-refractivity contribution >= 4 is 28.1 Å². The molecule has 110 valence electrons. The van der Waals surface area contributed by atoms with E-state index in [9.17, 15) is 19.7 Å². The van der Waals surface area contributed by atoms with Gasteiger partial charge in [0.15, 0.2) is 0 Å². The molecule has 0 spiro atoms. The third-order valence-electron chi connectivity index (χ3n) is 2.70. The Balaban J connectivity index is 2.23. The largest absolute Gasteiger partial charge is 0.299 e. The van der Waals surface area contributed by atoms with Gasteiger partial charge in [-0.2, -0.15) is 0 Å². The van der Waals surface area contributed by atoms with Crippen LogP contribution in [0.2, 0.25) is 0 Å². The number of pyridine rings is 1. The Kier molecular flexibility index (Phi) is 4.08. The van der Waals surface area contributed by atoms with E-state index in [1.807, 2.05) is 0 Å². The SMILES string of the molecule is Cc1nnc(NC(=O)Cn2c(C)c([N+](=O)[O-])ccc2=O)s1. The van der Waals surface area contributed by atoms with Gasteiger partial charge in [-0.25, -0.2) is 0 Å². The molecule has 0 saturated heterocycles. The average Bonchev–Trinajstić information content (AvgIpc) is 2.79. The minimum absolute atomic E-state index is 0.121. The van der Waals surface area contributed by atoms with Gasteiger partial charge < -0.3 is 0 Å². The van der Waals surface area contributed by atoms with Crippen LogP contribution in [-0.2, 0) is 11.3 Å². The molecule has 0 saturated carbocycles. The van der Waals surface area contributed by atoms with Gasteiger partial charge in [0.05, 0.1) is 10.6 Å². The molecule has 10 heteroatoms. The molecule has 0 radical (unpaired) electrons. The van der Waals surface area contributed by atoms with E-state index in [1.165, 1.54) is 18.3 Å². The molecule has 0 fully saturated rings. The highest BCUT2D eigenvalue weighted by molar-refractivity contribution is 7.15. The summed E-state index contributed by atoms with van der Waals surface area (Å²) in [5.74, 6) is -0.503. The number of nitrogens with one attached hydrogen (secondary N) is 1. The second-order valence-electron chi connectivity index (χ2n) is 4.16. The van der Waals surface area contributed by atoms with Gasteiger partial charge in [0.2, 0.25) is 11.0 Å². The third-order valence-corrected chi connectivity index (χ3v) is 3.45. The maximum Gasteiger partial charge on any atom is 0.288 e. The first-order valence-corrected chi connectivity index (χ1v) is 6.65. The zero-order chi connectivity index (χ0) is 15.6. The molecule has 2 rings (SSSR count). The molecule has 0 aliphatic carbocycles. The fraction of sp³-hybridized carbons (Fsp3) is 0.273. The summed E-state index contributed by atoms with van der Waals surface area (Å²) in [6.45, 7) is 2.83. The van der Waals surface area contributed by atoms with Crippen LogP contribution in [0.3, 0.4) is 0 Å². The zero-order valence-electron chi connectivity index (χ0n) is 11.2. The molecule has 0 aliphatic rings. The van der Waals surface area contributed by atoms with Crippen LogP contribution in [0.25, 0.3) is 0 Å². The van der Waals surface area contributed by atoms with Crippen molar-refractivity contribution in [2.24, 2.45) is 0 Å². The van der Waals surface area contributed by atoms with Crippen molar-refractivity contribution < 1.29 is 9.72 Å². The van der Waals surface area contributed by atoms with Gasteiger partial charge in [0, 0.05) is 12.1 Å². The van der Waals surface area contributed by atoms with E-state index in [0.717, 1.165) is 16.7 Å². The lowest BCUT2D eigenvalue weighted by Crippen LogP contribution is -2.29. The summed E-state index contributed by atoms with van der Waals surface area (Å²) in [5.41, 5.74) is -0.577. The van der Waals surface area contributed by atoms with E-state index in [4.69, 9.17) is 0 Å². The van der Waals surface area contributed by atoms with Crippen molar-refractivity contribution in [2.45, 2.75) is 20.4 Å². The fourth-order valence-corrected chi connectivity index (χ4v) is 2.31. The molecular formula is C11H11N5O4S. The topological polar surface area (TPSA) is 120 Å². The molecule has 21 heavy (non-hydrogen) atoms. The van der Waals surface area contributed by atoms with Crippen LogP contribution in [0, 0.1) is 24.0 Å². The number of rotatable bonds is 4. The van der Waals surface area contributed by atoms with Crippen LogP contribution in [-0.4, -0.2) is 25.6 Å². The summed E-state index contributed by atoms with van der Waals surface area (Å²) in [6.07, 6.45) is 0. The summed E-state index contributed by atoms with van der Waals surface area (Å²) in [5, 5.41) is 21.8.